The van der Waals surface area contributed by atoms with E-state index in [9.17, 15) is 63.6 Å². The summed E-state index contributed by atoms with van der Waals surface area (Å²) in [5, 5.41) is 55.2. The van der Waals surface area contributed by atoms with Crippen LogP contribution in [-0.4, -0.2) is 148 Å². The normalized spacial score (nSPS) is 15.2. The maximum atomic E-state index is 14.0. The van der Waals surface area contributed by atoms with E-state index in [1.54, 1.807) is 58.0 Å². The van der Waals surface area contributed by atoms with Gasteiger partial charge in [-0.2, -0.15) is 0 Å². The molecule has 0 unspecified atom stereocenters. The van der Waals surface area contributed by atoms with Crippen molar-refractivity contribution in [1.82, 2.24) is 37.2 Å². The van der Waals surface area contributed by atoms with Gasteiger partial charge in [-0.1, -0.05) is 64.4 Å². The molecule has 7 amide bonds. The number of nitrogens with two attached hydrogens (primary N) is 3. The lowest BCUT2D eigenvalue weighted by Gasteiger charge is -2.29. The fourth-order valence-corrected chi connectivity index (χ4v) is 6.05. The Morgan fingerprint density at radius 2 is 1.15 bits per heavy atom. The highest BCUT2D eigenvalue weighted by Crippen LogP contribution is 2.12. The number of rotatable bonds is 30. The zero-order valence-corrected chi connectivity index (χ0v) is 37.4. The smallest absolute Gasteiger partial charge is 0.326 e. The van der Waals surface area contributed by atoms with Crippen LogP contribution in [0.15, 0.2) is 35.3 Å². The summed E-state index contributed by atoms with van der Waals surface area (Å²) in [6.45, 7) is 6.53. The van der Waals surface area contributed by atoms with E-state index < -0.39 is 134 Å². The predicted molar refractivity (Wildman–Crippen MR) is 235 cm³/mol. The van der Waals surface area contributed by atoms with E-state index in [4.69, 9.17) is 17.2 Å². The van der Waals surface area contributed by atoms with E-state index in [0.29, 0.717) is 12.0 Å². The van der Waals surface area contributed by atoms with Gasteiger partial charge in [-0.15, -0.1) is 0 Å². The number of aliphatic carboxylic acids is 2. The molecule has 0 aliphatic carbocycles. The Morgan fingerprint density at radius 3 is 1.68 bits per heavy atom. The van der Waals surface area contributed by atoms with Crippen LogP contribution in [0.3, 0.4) is 0 Å². The number of guanidine groups is 1. The van der Waals surface area contributed by atoms with E-state index >= 15 is 0 Å². The number of carboxylic acid groups (broad SMARTS) is 2. The highest BCUT2D eigenvalue weighted by molar-refractivity contribution is 5.97. The maximum Gasteiger partial charge on any atom is 0.326 e. The highest BCUT2D eigenvalue weighted by atomic mass is 16.4. The van der Waals surface area contributed by atoms with Gasteiger partial charge in [0, 0.05) is 19.4 Å². The van der Waals surface area contributed by atoms with Crippen molar-refractivity contribution in [2.75, 3.05) is 19.8 Å². The summed E-state index contributed by atoms with van der Waals surface area (Å²) in [4.78, 5) is 121. The molecule has 9 atom stereocenters. The van der Waals surface area contributed by atoms with Crippen molar-refractivity contribution in [2.24, 2.45) is 34.0 Å². The maximum absolute atomic E-state index is 14.0. The molecule has 1 aromatic rings. The number of amides is 7. The van der Waals surface area contributed by atoms with Crippen LogP contribution in [0.25, 0.3) is 0 Å². The van der Waals surface area contributed by atoms with Gasteiger partial charge in [0.25, 0.3) is 0 Å². The summed E-state index contributed by atoms with van der Waals surface area (Å²) in [5.74, 6) is -10.0. The van der Waals surface area contributed by atoms with Crippen LogP contribution in [0.2, 0.25) is 0 Å². The molecule has 0 radical (unpaired) electrons. The fraction of sp³-hybridized carbons (Fsp3) is 0.610. The number of hydrogen-bond donors (Lipinski definition) is 14. The largest absolute Gasteiger partial charge is 0.481 e. The molecule has 0 spiro atoms. The van der Waals surface area contributed by atoms with Gasteiger partial charge in [0.05, 0.1) is 13.2 Å². The molecule has 0 aliphatic heterocycles. The van der Waals surface area contributed by atoms with Crippen molar-refractivity contribution in [2.45, 2.75) is 128 Å². The average Bonchev–Trinajstić information content (AvgIpc) is 3.25. The minimum atomic E-state index is -1.60. The molecule has 0 heterocycles. The van der Waals surface area contributed by atoms with Crippen LogP contribution >= 0.6 is 0 Å². The highest BCUT2D eigenvalue weighted by Gasteiger charge is 2.35. The third-order valence-corrected chi connectivity index (χ3v) is 9.99. The van der Waals surface area contributed by atoms with Gasteiger partial charge < -0.3 is 74.8 Å². The first-order valence-corrected chi connectivity index (χ1v) is 21.2. The third-order valence-electron chi connectivity index (χ3n) is 9.99. The molecule has 24 heteroatoms. The number of aliphatic imine (C=N–C) groups is 1. The fourth-order valence-electron chi connectivity index (χ4n) is 6.05. The van der Waals surface area contributed by atoms with Crippen molar-refractivity contribution >= 4 is 59.2 Å². The van der Waals surface area contributed by atoms with Crippen LogP contribution in [0.4, 0.5) is 0 Å². The van der Waals surface area contributed by atoms with E-state index in [-0.39, 0.29) is 44.1 Å². The van der Waals surface area contributed by atoms with Crippen molar-refractivity contribution in [3.05, 3.63) is 35.9 Å². The molecule has 0 bridgehead atoms. The molecule has 1 rings (SSSR count). The second-order valence-corrected chi connectivity index (χ2v) is 15.9. The first kappa shape index (κ1) is 56.6. The quantitative estimate of drug-likeness (QED) is 0.0199. The average molecular weight is 922 g/mol. The Labute approximate surface area is 377 Å². The molecule has 0 saturated carbocycles. The van der Waals surface area contributed by atoms with Crippen molar-refractivity contribution in [3.63, 3.8) is 0 Å². The zero-order valence-electron chi connectivity index (χ0n) is 37.4. The number of aliphatic hydroxyl groups is 2. The van der Waals surface area contributed by atoms with Crippen LogP contribution in [-0.2, 0) is 49.6 Å². The Morgan fingerprint density at radius 1 is 0.631 bits per heavy atom. The Balaban J connectivity index is 3.42. The van der Waals surface area contributed by atoms with Gasteiger partial charge in [-0.25, -0.2) is 4.79 Å². The summed E-state index contributed by atoms with van der Waals surface area (Å²) in [7, 11) is 0. The second-order valence-electron chi connectivity index (χ2n) is 15.9. The van der Waals surface area contributed by atoms with Crippen LogP contribution in [0.5, 0.6) is 0 Å². The standard InChI is InChI=1S/C41H67N11O13/c1-6-22(4)32(52-38(62)30(20-54)51-34(58)25(42)19-53)39(63)48-27(14-15-31(55)56)36(60)49-28(18-24-11-8-7-9-12-24)37(61)46-23(5)33(57)47-26(13-10-16-45-41(43)44)35(59)50-29(40(64)65)17-21(2)3/h7-9,11-12,21-23,25-30,32,53-54H,6,10,13-20,42H2,1-5H3,(H,46,61)(H,47,57)(H,48,63)(H,49,60)(H,50,59)(H,51,58)(H,52,62)(H,55,56)(H,64,65)(H4,43,44,45)/t22-,23-,25-,26-,27-,28-,29-,30-,32-/m0/s1. The Hall–Kier alpha value is -6.40. The van der Waals surface area contributed by atoms with Gasteiger partial charge >= 0.3 is 11.9 Å². The second kappa shape index (κ2) is 29.1. The van der Waals surface area contributed by atoms with Gasteiger partial charge in [0.15, 0.2) is 5.96 Å². The van der Waals surface area contributed by atoms with Crippen LogP contribution in [0, 0.1) is 11.8 Å². The SMILES string of the molecule is CC[C@H](C)[C@H](NC(=O)[C@H](CO)NC(=O)[C@@H](N)CO)C(=O)N[C@@H](CCC(=O)O)C(=O)N[C@@H](Cc1ccccc1)C(=O)N[C@@H](C)C(=O)N[C@@H](CCCN=C(N)N)C(=O)N[C@@H](CC(C)C)C(=O)O. The lowest BCUT2D eigenvalue weighted by atomic mass is 9.97. The molecule has 17 N–H and O–H groups in total. The topological polar surface area (TPSA) is 409 Å². The number of aliphatic hydroxyl groups excluding tert-OH is 2. The van der Waals surface area contributed by atoms with Gasteiger partial charge in [0.1, 0.15) is 48.3 Å². The summed E-state index contributed by atoms with van der Waals surface area (Å²) >= 11 is 0. The molecule has 0 saturated heterocycles. The zero-order chi connectivity index (χ0) is 49.4. The first-order valence-electron chi connectivity index (χ1n) is 21.2. The van der Waals surface area contributed by atoms with Crippen molar-refractivity contribution < 1.29 is 63.6 Å². The van der Waals surface area contributed by atoms with Gasteiger partial charge in [0.2, 0.25) is 41.4 Å². The number of carbonyl (C=O) groups excluding carboxylic acids is 7. The molecule has 1 aromatic carbocycles. The molecule has 0 fully saturated rings. The Kier molecular flexibility index (Phi) is 25.4. The molecule has 65 heavy (non-hydrogen) atoms. The predicted octanol–water partition coefficient (Wildman–Crippen LogP) is -3.95. The lowest BCUT2D eigenvalue weighted by Crippen LogP contribution is -2.61. The van der Waals surface area contributed by atoms with E-state index in [2.05, 4.69) is 42.2 Å². The lowest BCUT2D eigenvalue weighted by molar-refractivity contribution is -0.143. The first-order chi connectivity index (χ1) is 30.5. The number of carbonyl (C=O) groups is 9. The number of benzene rings is 1. The monoisotopic (exact) mass is 921 g/mol. The number of hydrogen-bond acceptors (Lipinski definition) is 13. The molecule has 0 aliphatic rings. The molecular weight excluding hydrogens is 855 g/mol. The number of nitrogens with zero attached hydrogens (tertiary/aromatic N) is 1. The summed E-state index contributed by atoms with van der Waals surface area (Å²) in [6.07, 6.45) is -0.705. The molecule has 0 aromatic heterocycles. The van der Waals surface area contributed by atoms with E-state index in [1.165, 1.54) is 6.92 Å². The summed E-state index contributed by atoms with van der Waals surface area (Å²) in [5.41, 5.74) is 16.8. The summed E-state index contributed by atoms with van der Waals surface area (Å²) in [6, 6.07) is -3.00. The van der Waals surface area contributed by atoms with Crippen LogP contribution in [0.1, 0.15) is 78.7 Å². The number of carboxylic acids is 2. The van der Waals surface area contributed by atoms with Gasteiger partial charge in [-0.3, -0.25) is 43.3 Å². The van der Waals surface area contributed by atoms with E-state index in [1.807, 2.05) is 0 Å². The van der Waals surface area contributed by atoms with Crippen molar-refractivity contribution in [3.8, 4) is 0 Å². The number of nitrogens with one attached hydrogen (secondary N) is 7. The third kappa shape index (κ3) is 21.2. The molecular formula is C41H67N11O13. The van der Waals surface area contributed by atoms with Gasteiger partial charge in [-0.05, 0) is 50.0 Å². The molecule has 364 valence electrons. The minimum Gasteiger partial charge on any atom is -0.481 e. The van der Waals surface area contributed by atoms with Crippen molar-refractivity contribution in [1.29, 1.82) is 0 Å². The van der Waals surface area contributed by atoms with E-state index in [0.717, 1.165) is 0 Å². The minimum absolute atomic E-state index is 0.0291. The Bertz CT molecular complexity index is 1800. The molecule has 24 nitrogen and oxygen atoms in total. The van der Waals surface area contributed by atoms with Crippen LogP contribution < -0.4 is 54.4 Å². The summed E-state index contributed by atoms with van der Waals surface area (Å²) < 4.78 is 0.